The number of carbonyl (C=O) groups is 2. The normalized spacial score (nSPS) is 10.3. The van der Waals surface area contributed by atoms with E-state index in [9.17, 15) is 19.8 Å². The van der Waals surface area contributed by atoms with E-state index in [1.165, 1.54) is 24.3 Å². The van der Waals surface area contributed by atoms with Crippen LogP contribution in [0.2, 0.25) is 0 Å². The Morgan fingerprint density at radius 1 is 0.917 bits per heavy atom. The Morgan fingerprint density at radius 2 is 1.50 bits per heavy atom. The van der Waals surface area contributed by atoms with Crippen molar-refractivity contribution in [3.63, 3.8) is 0 Å². The molecule has 0 spiro atoms. The maximum Gasteiger partial charge on any atom is 0.261 e. The molecule has 0 bridgehead atoms. The lowest BCUT2D eigenvalue weighted by Gasteiger charge is -2.02. The number of ketones is 1. The summed E-state index contributed by atoms with van der Waals surface area (Å²) in [5.74, 6) is -1.81. The first-order valence-electron chi connectivity index (χ1n) is 6.90. The lowest BCUT2D eigenvalue weighted by molar-refractivity contribution is 0.101. The number of nitrogens with one attached hydrogen (secondary N) is 2. The standard InChI is InChI=1S/C16H12N4O4/c21-11-7-3-1-5-9(11)13(23)14-17-16(20-19-14)18-15(24)10-6-2-4-8-12(10)22/h1-8,21-22H,(H2,17,18,19,20,24). The average Bonchev–Trinajstić information content (AvgIpc) is 3.03. The predicted octanol–water partition coefficient (Wildman–Crippen LogP) is 1.70. The molecule has 8 nitrogen and oxygen atoms in total. The summed E-state index contributed by atoms with van der Waals surface area (Å²) < 4.78 is 0. The molecular weight excluding hydrogens is 312 g/mol. The van der Waals surface area contributed by atoms with Crippen LogP contribution in [0.15, 0.2) is 48.5 Å². The third kappa shape index (κ3) is 2.93. The van der Waals surface area contributed by atoms with Crippen LogP contribution in [-0.4, -0.2) is 37.1 Å². The molecular formula is C16H12N4O4. The number of H-pyrrole nitrogens is 1. The zero-order chi connectivity index (χ0) is 17.1. The van der Waals surface area contributed by atoms with E-state index in [4.69, 9.17) is 0 Å². The van der Waals surface area contributed by atoms with Crippen LogP contribution in [0.25, 0.3) is 0 Å². The van der Waals surface area contributed by atoms with E-state index in [0.717, 1.165) is 0 Å². The van der Waals surface area contributed by atoms with Crippen molar-refractivity contribution in [3.05, 3.63) is 65.5 Å². The summed E-state index contributed by atoms with van der Waals surface area (Å²) in [7, 11) is 0. The maximum absolute atomic E-state index is 12.2. The number of carbonyl (C=O) groups excluding carboxylic acids is 2. The first kappa shape index (κ1) is 15.2. The van der Waals surface area contributed by atoms with Gasteiger partial charge in [-0.05, 0) is 24.3 Å². The number of phenols is 2. The Hall–Kier alpha value is -3.68. The second-order valence-electron chi connectivity index (χ2n) is 4.83. The molecule has 0 fully saturated rings. The van der Waals surface area contributed by atoms with E-state index in [1.807, 2.05) is 0 Å². The summed E-state index contributed by atoms with van der Waals surface area (Å²) in [6, 6.07) is 12.0. The van der Waals surface area contributed by atoms with Crippen molar-refractivity contribution in [2.24, 2.45) is 0 Å². The number of aromatic amines is 1. The van der Waals surface area contributed by atoms with Gasteiger partial charge in [0.15, 0.2) is 5.82 Å². The van der Waals surface area contributed by atoms with E-state index in [1.54, 1.807) is 24.3 Å². The van der Waals surface area contributed by atoms with Crippen molar-refractivity contribution < 1.29 is 19.8 Å². The zero-order valence-corrected chi connectivity index (χ0v) is 12.2. The van der Waals surface area contributed by atoms with E-state index < -0.39 is 11.7 Å². The number of hydrogen-bond acceptors (Lipinski definition) is 6. The fraction of sp³-hybridized carbons (Fsp3) is 0. The van der Waals surface area contributed by atoms with Crippen LogP contribution in [0, 0.1) is 0 Å². The highest BCUT2D eigenvalue weighted by Gasteiger charge is 2.19. The molecule has 0 saturated heterocycles. The highest BCUT2D eigenvalue weighted by atomic mass is 16.3. The smallest absolute Gasteiger partial charge is 0.261 e. The van der Waals surface area contributed by atoms with Crippen molar-refractivity contribution in [2.75, 3.05) is 5.32 Å². The molecule has 3 rings (SSSR count). The fourth-order valence-electron chi connectivity index (χ4n) is 2.05. The molecule has 8 heteroatoms. The summed E-state index contributed by atoms with van der Waals surface area (Å²) in [6.07, 6.45) is 0. The molecule has 24 heavy (non-hydrogen) atoms. The number of nitrogens with zero attached hydrogens (tertiary/aromatic N) is 2. The van der Waals surface area contributed by atoms with Gasteiger partial charge in [-0.25, -0.2) is 0 Å². The topological polar surface area (TPSA) is 128 Å². The molecule has 120 valence electrons. The van der Waals surface area contributed by atoms with Crippen LogP contribution >= 0.6 is 0 Å². The maximum atomic E-state index is 12.2. The van der Waals surface area contributed by atoms with E-state index in [2.05, 4.69) is 20.5 Å². The minimum absolute atomic E-state index is 0.0517. The Balaban J connectivity index is 1.79. The molecule has 0 atom stereocenters. The highest BCUT2D eigenvalue weighted by Crippen LogP contribution is 2.19. The number of para-hydroxylation sites is 2. The number of benzene rings is 2. The Labute approximate surface area is 135 Å². The number of amides is 1. The summed E-state index contributed by atoms with van der Waals surface area (Å²) in [5.41, 5.74) is 0.114. The molecule has 1 aromatic heterocycles. The number of aromatic hydroxyl groups is 2. The Kier molecular flexibility index (Phi) is 3.94. The Bertz CT molecular complexity index is 920. The van der Waals surface area contributed by atoms with Gasteiger partial charge in [0.2, 0.25) is 11.7 Å². The third-order valence-corrected chi connectivity index (χ3v) is 3.22. The minimum atomic E-state index is -0.617. The van der Waals surface area contributed by atoms with Gasteiger partial charge >= 0.3 is 0 Å². The molecule has 1 amide bonds. The molecule has 0 aliphatic heterocycles. The largest absolute Gasteiger partial charge is 0.507 e. The molecule has 0 saturated carbocycles. The van der Waals surface area contributed by atoms with Crippen molar-refractivity contribution in [3.8, 4) is 11.5 Å². The molecule has 1 heterocycles. The summed E-state index contributed by atoms with van der Waals surface area (Å²) in [6.45, 7) is 0. The first-order valence-corrected chi connectivity index (χ1v) is 6.90. The molecule has 4 N–H and O–H groups in total. The van der Waals surface area contributed by atoms with Crippen molar-refractivity contribution in [1.29, 1.82) is 0 Å². The summed E-state index contributed by atoms with van der Waals surface area (Å²) >= 11 is 0. The average molecular weight is 324 g/mol. The van der Waals surface area contributed by atoms with Gasteiger partial charge < -0.3 is 10.2 Å². The molecule has 2 aromatic carbocycles. The zero-order valence-electron chi connectivity index (χ0n) is 12.2. The minimum Gasteiger partial charge on any atom is -0.507 e. The predicted molar refractivity (Wildman–Crippen MR) is 84.0 cm³/mol. The quantitative estimate of drug-likeness (QED) is 0.541. The molecule has 0 aliphatic carbocycles. The van der Waals surface area contributed by atoms with Gasteiger partial charge in [0, 0.05) is 0 Å². The number of rotatable bonds is 4. The van der Waals surface area contributed by atoms with Gasteiger partial charge in [-0.15, -0.1) is 5.10 Å². The molecule has 0 unspecified atom stereocenters. The number of anilines is 1. The second-order valence-corrected chi connectivity index (χ2v) is 4.83. The number of hydrogen-bond donors (Lipinski definition) is 4. The monoisotopic (exact) mass is 324 g/mol. The molecule has 3 aromatic rings. The highest BCUT2D eigenvalue weighted by molar-refractivity contribution is 6.09. The van der Waals surface area contributed by atoms with Gasteiger partial charge in [-0.1, -0.05) is 24.3 Å². The fourth-order valence-corrected chi connectivity index (χ4v) is 2.05. The van der Waals surface area contributed by atoms with Crippen LogP contribution in [0.5, 0.6) is 11.5 Å². The van der Waals surface area contributed by atoms with Crippen molar-refractivity contribution in [2.45, 2.75) is 0 Å². The SMILES string of the molecule is O=C(Nc1n[nH]c(C(=O)c2ccccc2O)n1)c1ccccc1O. The lowest BCUT2D eigenvalue weighted by Crippen LogP contribution is -2.13. The van der Waals surface area contributed by atoms with Gasteiger partial charge in [0.25, 0.3) is 5.91 Å². The number of aromatic nitrogens is 3. The van der Waals surface area contributed by atoms with E-state index in [0.29, 0.717) is 0 Å². The van der Waals surface area contributed by atoms with E-state index in [-0.39, 0.29) is 34.4 Å². The van der Waals surface area contributed by atoms with Crippen molar-refractivity contribution in [1.82, 2.24) is 15.2 Å². The van der Waals surface area contributed by atoms with Gasteiger partial charge in [0.1, 0.15) is 11.5 Å². The second kappa shape index (κ2) is 6.21. The van der Waals surface area contributed by atoms with Crippen LogP contribution in [-0.2, 0) is 0 Å². The number of phenolic OH excluding ortho intramolecular Hbond substituents is 2. The summed E-state index contributed by atoms with van der Waals surface area (Å²) in [5, 5.41) is 27.8. The van der Waals surface area contributed by atoms with Crippen LogP contribution < -0.4 is 5.32 Å². The van der Waals surface area contributed by atoms with Gasteiger partial charge in [-0.2, -0.15) is 4.98 Å². The Morgan fingerprint density at radius 3 is 2.12 bits per heavy atom. The molecule has 0 aliphatic rings. The van der Waals surface area contributed by atoms with Crippen LogP contribution in [0.1, 0.15) is 26.5 Å². The van der Waals surface area contributed by atoms with Gasteiger partial charge in [0.05, 0.1) is 11.1 Å². The van der Waals surface area contributed by atoms with Crippen molar-refractivity contribution >= 4 is 17.6 Å². The molecule has 0 radical (unpaired) electrons. The first-order chi connectivity index (χ1) is 11.6. The van der Waals surface area contributed by atoms with Crippen LogP contribution in [0.4, 0.5) is 5.95 Å². The van der Waals surface area contributed by atoms with E-state index >= 15 is 0 Å². The summed E-state index contributed by atoms with van der Waals surface area (Å²) in [4.78, 5) is 28.2. The lowest BCUT2D eigenvalue weighted by atomic mass is 10.1. The van der Waals surface area contributed by atoms with Gasteiger partial charge in [-0.3, -0.25) is 20.0 Å². The third-order valence-electron chi connectivity index (χ3n) is 3.22. The van der Waals surface area contributed by atoms with Crippen LogP contribution in [0.3, 0.4) is 0 Å².